The van der Waals surface area contributed by atoms with Crippen molar-refractivity contribution in [2.75, 3.05) is 6.61 Å². The predicted molar refractivity (Wildman–Crippen MR) is 124 cm³/mol. The van der Waals surface area contributed by atoms with Crippen LogP contribution < -0.4 is 4.74 Å². The third kappa shape index (κ3) is 4.17. The standard InChI is InChI=1S/C27H31NO/c1-5-25(27(2,3)4)23-11-10-22-19-24(13-12-21(22)18-23)29-17-16-28-15-14-20-8-6-7-9-26(20)28/h6-15,18-19,25H,5,16-17H2,1-4H3. The normalized spacial score (nSPS) is 13.1. The maximum Gasteiger partial charge on any atom is 0.120 e. The van der Waals surface area contributed by atoms with Crippen LogP contribution in [0.1, 0.15) is 45.6 Å². The summed E-state index contributed by atoms with van der Waals surface area (Å²) in [5.74, 6) is 1.50. The quantitative estimate of drug-likeness (QED) is 0.337. The third-order valence-corrected chi connectivity index (χ3v) is 5.97. The van der Waals surface area contributed by atoms with Crippen molar-refractivity contribution in [3.8, 4) is 5.75 Å². The second-order valence-electron chi connectivity index (χ2n) is 9.01. The fourth-order valence-electron chi connectivity index (χ4n) is 4.49. The first-order valence-corrected chi connectivity index (χ1v) is 10.7. The Hall–Kier alpha value is -2.74. The van der Waals surface area contributed by atoms with E-state index < -0.39 is 0 Å². The summed E-state index contributed by atoms with van der Waals surface area (Å²) >= 11 is 0. The molecule has 0 amide bonds. The van der Waals surface area contributed by atoms with Gasteiger partial charge in [0.15, 0.2) is 0 Å². The molecular formula is C27H31NO. The minimum Gasteiger partial charge on any atom is -0.492 e. The van der Waals surface area contributed by atoms with Gasteiger partial charge in [-0.2, -0.15) is 0 Å². The molecule has 0 saturated carbocycles. The van der Waals surface area contributed by atoms with Gasteiger partial charge in [-0.05, 0) is 63.7 Å². The summed E-state index contributed by atoms with van der Waals surface area (Å²) in [7, 11) is 0. The molecule has 2 nitrogen and oxygen atoms in total. The lowest BCUT2D eigenvalue weighted by Gasteiger charge is -2.30. The smallest absolute Gasteiger partial charge is 0.120 e. The highest BCUT2D eigenvalue weighted by molar-refractivity contribution is 5.84. The number of aromatic nitrogens is 1. The van der Waals surface area contributed by atoms with E-state index >= 15 is 0 Å². The number of para-hydroxylation sites is 1. The maximum absolute atomic E-state index is 6.07. The molecule has 0 N–H and O–H groups in total. The van der Waals surface area contributed by atoms with E-state index in [0.717, 1.165) is 18.7 Å². The molecule has 0 aliphatic rings. The molecule has 0 aliphatic carbocycles. The van der Waals surface area contributed by atoms with Gasteiger partial charge in [0.1, 0.15) is 12.4 Å². The second kappa shape index (κ2) is 7.94. The Balaban J connectivity index is 1.47. The summed E-state index contributed by atoms with van der Waals surface area (Å²) in [5, 5.41) is 3.80. The molecule has 1 atom stereocenters. The van der Waals surface area contributed by atoms with E-state index in [4.69, 9.17) is 4.74 Å². The van der Waals surface area contributed by atoms with E-state index in [9.17, 15) is 0 Å². The number of hydrogen-bond donors (Lipinski definition) is 0. The van der Waals surface area contributed by atoms with Gasteiger partial charge < -0.3 is 9.30 Å². The first kappa shape index (κ1) is 19.6. The van der Waals surface area contributed by atoms with Crippen LogP contribution in [0.25, 0.3) is 21.7 Å². The zero-order valence-electron chi connectivity index (χ0n) is 18.0. The SMILES string of the molecule is CCC(c1ccc2cc(OCCn3ccc4ccccc43)ccc2c1)C(C)(C)C. The fourth-order valence-corrected chi connectivity index (χ4v) is 4.49. The highest BCUT2D eigenvalue weighted by Gasteiger charge is 2.24. The number of rotatable bonds is 6. The van der Waals surface area contributed by atoms with E-state index in [1.807, 2.05) is 0 Å². The lowest BCUT2D eigenvalue weighted by molar-refractivity contribution is 0.301. The van der Waals surface area contributed by atoms with Crippen LogP contribution in [0.3, 0.4) is 0 Å². The fraction of sp³-hybridized carbons (Fsp3) is 0.333. The highest BCUT2D eigenvalue weighted by Crippen LogP contribution is 2.38. The van der Waals surface area contributed by atoms with Gasteiger partial charge in [0.25, 0.3) is 0 Å². The van der Waals surface area contributed by atoms with E-state index in [1.165, 1.54) is 27.2 Å². The molecule has 4 rings (SSSR count). The van der Waals surface area contributed by atoms with E-state index in [1.54, 1.807) is 0 Å². The monoisotopic (exact) mass is 385 g/mol. The Morgan fingerprint density at radius 3 is 2.41 bits per heavy atom. The summed E-state index contributed by atoms with van der Waals surface area (Å²) < 4.78 is 8.32. The van der Waals surface area contributed by atoms with Crippen molar-refractivity contribution < 1.29 is 4.74 Å². The van der Waals surface area contributed by atoms with Crippen molar-refractivity contribution in [3.63, 3.8) is 0 Å². The molecule has 0 fully saturated rings. The molecule has 1 unspecified atom stereocenters. The molecule has 0 spiro atoms. The Bertz CT molecular complexity index is 1120. The summed E-state index contributed by atoms with van der Waals surface area (Å²) in [4.78, 5) is 0. The van der Waals surface area contributed by atoms with Gasteiger partial charge in [-0.1, -0.05) is 70.2 Å². The van der Waals surface area contributed by atoms with Crippen molar-refractivity contribution in [3.05, 3.63) is 78.5 Å². The van der Waals surface area contributed by atoms with Crippen LogP contribution in [0.2, 0.25) is 0 Å². The minimum absolute atomic E-state index is 0.272. The molecule has 1 aromatic heterocycles. The van der Waals surface area contributed by atoms with Gasteiger partial charge in [0.05, 0.1) is 6.54 Å². The average molecular weight is 386 g/mol. The summed E-state index contributed by atoms with van der Waals surface area (Å²) in [6, 6.07) is 23.9. The summed E-state index contributed by atoms with van der Waals surface area (Å²) in [6.45, 7) is 10.8. The van der Waals surface area contributed by atoms with Gasteiger partial charge >= 0.3 is 0 Å². The second-order valence-corrected chi connectivity index (χ2v) is 9.01. The first-order valence-electron chi connectivity index (χ1n) is 10.7. The molecule has 150 valence electrons. The molecule has 0 radical (unpaired) electrons. The minimum atomic E-state index is 0.272. The Kier molecular flexibility index (Phi) is 5.36. The van der Waals surface area contributed by atoms with Crippen molar-refractivity contribution in [2.24, 2.45) is 5.41 Å². The summed E-state index contributed by atoms with van der Waals surface area (Å²) in [6.07, 6.45) is 3.29. The Labute approximate surface area is 174 Å². The van der Waals surface area contributed by atoms with Crippen LogP contribution in [-0.2, 0) is 6.54 Å². The van der Waals surface area contributed by atoms with Crippen molar-refractivity contribution in [1.82, 2.24) is 4.57 Å². The number of fused-ring (bicyclic) bond motifs is 2. The summed E-state index contributed by atoms with van der Waals surface area (Å²) in [5.41, 5.74) is 2.96. The van der Waals surface area contributed by atoms with Crippen LogP contribution in [-0.4, -0.2) is 11.2 Å². The predicted octanol–water partition coefficient (Wildman–Crippen LogP) is 7.41. The van der Waals surface area contributed by atoms with E-state index in [2.05, 4.69) is 105 Å². The van der Waals surface area contributed by atoms with Crippen molar-refractivity contribution in [1.29, 1.82) is 0 Å². The molecule has 3 aromatic carbocycles. The molecule has 0 bridgehead atoms. The Morgan fingerprint density at radius 2 is 1.62 bits per heavy atom. The average Bonchev–Trinajstić information content (AvgIpc) is 3.11. The largest absolute Gasteiger partial charge is 0.492 e. The van der Waals surface area contributed by atoms with Crippen LogP contribution in [0.15, 0.2) is 72.9 Å². The third-order valence-electron chi connectivity index (χ3n) is 5.97. The zero-order chi connectivity index (χ0) is 20.4. The number of ether oxygens (including phenoxy) is 1. The van der Waals surface area contributed by atoms with Gasteiger partial charge in [-0.15, -0.1) is 0 Å². The van der Waals surface area contributed by atoms with Crippen LogP contribution in [0.5, 0.6) is 5.75 Å². The number of benzene rings is 3. The molecule has 2 heteroatoms. The zero-order valence-corrected chi connectivity index (χ0v) is 18.0. The molecule has 0 saturated heterocycles. The highest BCUT2D eigenvalue weighted by atomic mass is 16.5. The molecular weight excluding hydrogens is 354 g/mol. The molecule has 29 heavy (non-hydrogen) atoms. The van der Waals surface area contributed by atoms with E-state index in [-0.39, 0.29) is 5.41 Å². The van der Waals surface area contributed by atoms with Gasteiger partial charge in [-0.25, -0.2) is 0 Å². The molecule has 4 aromatic rings. The number of nitrogens with zero attached hydrogens (tertiary/aromatic N) is 1. The topological polar surface area (TPSA) is 14.2 Å². The van der Waals surface area contributed by atoms with Crippen LogP contribution >= 0.6 is 0 Å². The van der Waals surface area contributed by atoms with Gasteiger partial charge in [0.2, 0.25) is 0 Å². The van der Waals surface area contributed by atoms with E-state index in [0.29, 0.717) is 12.5 Å². The molecule has 0 aliphatic heterocycles. The van der Waals surface area contributed by atoms with Crippen LogP contribution in [0.4, 0.5) is 0 Å². The van der Waals surface area contributed by atoms with Crippen molar-refractivity contribution >= 4 is 21.7 Å². The first-order chi connectivity index (χ1) is 14.0. The molecule has 1 heterocycles. The maximum atomic E-state index is 6.07. The lowest BCUT2D eigenvalue weighted by atomic mass is 9.75. The van der Waals surface area contributed by atoms with Gasteiger partial charge in [-0.3, -0.25) is 0 Å². The number of hydrogen-bond acceptors (Lipinski definition) is 1. The van der Waals surface area contributed by atoms with Gasteiger partial charge in [0, 0.05) is 11.7 Å². The lowest BCUT2D eigenvalue weighted by Crippen LogP contribution is -2.17. The van der Waals surface area contributed by atoms with Crippen LogP contribution in [0, 0.1) is 5.41 Å². The Morgan fingerprint density at radius 1 is 0.862 bits per heavy atom. The van der Waals surface area contributed by atoms with Crippen molar-refractivity contribution in [2.45, 2.75) is 46.6 Å².